The van der Waals surface area contributed by atoms with Gasteiger partial charge in [0.05, 0.1) is 23.4 Å². The highest BCUT2D eigenvalue weighted by Gasteiger charge is 2.44. The van der Waals surface area contributed by atoms with Crippen molar-refractivity contribution in [2.24, 2.45) is 5.92 Å². The molecule has 1 saturated heterocycles. The van der Waals surface area contributed by atoms with E-state index in [1.54, 1.807) is 0 Å². The van der Waals surface area contributed by atoms with Crippen molar-refractivity contribution in [2.75, 3.05) is 37.4 Å². The van der Waals surface area contributed by atoms with Crippen LogP contribution in [0.4, 0.5) is 11.4 Å². The molecular formula is C18H27N3O2. The average Bonchev–Trinajstić information content (AvgIpc) is 3.31. The molecule has 2 fully saturated rings. The summed E-state index contributed by atoms with van der Waals surface area (Å²) in [7, 11) is 2.16. The third kappa shape index (κ3) is 4.24. The lowest BCUT2D eigenvalue weighted by Gasteiger charge is -2.30. The first-order valence-electron chi connectivity index (χ1n) is 8.64. The van der Waals surface area contributed by atoms with Gasteiger partial charge in [-0.3, -0.25) is 4.79 Å². The summed E-state index contributed by atoms with van der Waals surface area (Å²) in [6.07, 6.45) is 3.21. The van der Waals surface area contributed by atoms with Crippen LogP contribution in [0, 0.1) is 5.92 Å². The molecule has 0 bridgehead atoms. The summed E-state index contributed by atoms with van der Waals surface area (Å²) in [5, 5.41) is 6.67. The minimum atomic E-state index is 0.00587. The molecule has 0 unspecified atom stereocenters. The van der Waals surface area contributed by atoms with Gasteiger partial charge < -0.3 is 20.3 Å². The second-order valence-corrected chi connectivity index (χ2v) is 6.59. The van der Waals surface area contributed by atoms with Crippen molar-refractivity contribution in [1.29, 1.82) is 0 Å². The first-order chi connectivity index (χ1) is 11.2. The quantitative estimate of drug-likeness (QED) is 0.847. The van der Waals surface area contributed by atoms with Gasteiger partial charge in [0.2, 0.25) is 5.91 Å². The summed E-state index contributed by atoms with van der Waals surface area (Å²) in [6, 6.07) is 8.45. The molecule has 1 aromatic rings. The normalized spacial score (nSPS) is 25.1. The van der Waals surface area contributed by atoms with Gasteiger partial charge in [-0.25, -0.2) is 0 Å². The van der Waals surface area contributed by atoms with Gasteiger partial charge in [0.1, 0.15) is 0 Å². The summed E-state index contributed by atoms with van der Waals surface area (Å²) < 4.78 is 5.50. The maximum atomic E-state index is 12.3. The van der Waals surface area contributed by atoms with Gasteiger partial charge in [0, 0.05) is 12.6 Å². The van der Waals surface area contributed by atoms with Crippen molar-refractivity contribution in [3.05, 3.63) is 24.3 Å². The fourth-order valence-corrected chi connectivity index (χ4v) is 3.16. The van der Waals surface area contributed by atoms with E-state index < -0.39 is 0 Å². The first kappa shape index (κ1) is 16.3. The predicted octanol–water partition coefficient (Wildman–Crippen LogP) is 2.56. The SMILES string of the molecule is CCO[C@H]1C[C@@H]1C(=O)Nc1ccccc1NC1CCN(C)CC1. The summed E-state index contributed by atoms with van der Waals surface area (Å²) >= 11 is 0. The number of nitrogens with one attached hydrogen (secondary N) is 2. The number of nitrogens with zero attached hydrogens (tertiary/aromatic N) is 1. The smallest absolute Gasteiger partial charge is 0.230 e. The van der Waals surface area contributed by atoms with Gasteiger partial charge in [-0.15, -0.1) is 0 Å². The van der Waals surface area contributed by atoms with E-state index >= 15 is 0 Å². The summed E-state index contributed by atoms with van der Waals surface area (Å²) in [5.74, 6) is 0.0763. The number of hydrogen-bond acceptors (Lipinski definition) is 4. The topological polar surface area (TPSA) is 53.6 Å². The van der Waals surface area contributed by atoms with Crippen LogP contribution in [0.15, 0.2) is 24.3 Å². The molecule has 0 aromatic heterocycles. The molecule has 1 heterocycles. The zero-order valence-corrected chi connectivity index (χ0v) is 14.0. The molecule has 2 N–H and O–H groups in total. The second-order valence-electron chi connectivity index (χ2n) is 6.59. The van der Waals surface area contributed by atoms with Crippen LogP contribution in [0.1, 0.15) is 26.2 Å². The Hall–Kier alpha value is -1.59. The fraction of sp³-hybridized carbons (Fsp3) is 0.611. The number of para-hydroxylation sites is 2. The van der Waals surface area contributed by atoms with E-state index in [1.165, 1.54) is 0 Å². The van der Waals surface area contributed by atoms with Crippen molar-refractivity contribution in [2.45, 2.75) is 38.3 Å². The standard InChI is InChI=1S/C18H27N3O2/c1-3-23-17-12-14(17)18(22)20-16-7-5-4-6-15(16)19-13-8-10-21(2)11-9-13/h4-7,13-14,17,19H,3,8-12H2,1-2H3,(H,20,22)/t14-,17-/m0/s1. The van der Waals surface area contributed by atoms with Gasteiger partial charge in [0.15, 0.2) is 0 Å². The Morgan fingerprint density at radius 1 is 1.26 bits per heavy atom. The number of amides is 1. The number of likely N-dealkylation sites (tertiary alicyclic amines) is 1. The highest BCUT2D eigenvalue weighted by atomic mass is 16.5. The van der Waals surface area contributed by atoms with Gasteiger partial charge >= 0.3 is 0 Å². The number of rotatable bonds is 6. The Morgan fingerprint density at radius 3 is 2.65 bits per heavy atom. The number of benzene rings is 1. The van der Waals surface area contributed by atoms with Crippen molar-refractivity contribution < 1.29 is 9.53 Å². The molecule has 1 aromatic carbocycles. The largest absolute Gasteiger partial charge is 0.381 e. The molecule has 5 nitrogen and oxygen atoms in total. The molecule has 2 aliphatic rings. The van der Waals surface area contributed by atoms with E-state index in [0.29, 0.717) is 12.6 Å². The van der Waals surface area contributed by atoms with Crippen LogP contribution in [-0.2, 0) is 9.53 Å². The molecular weight excluding hydrogens is 290 g/mol. The number of anilines is 2. The van der Waals surface area contributed by atoms with Crippen LogP contribution >= 0.6 is 0 Å². The van der Waals surface area contributed by atoms with E-state index in [0.717, 1.165) is 43.7 Å². The minimum absolute atomic E-state index is 0.00587. The fourth-order valence-electron chi connectivity index (χ4n) is 3.16. The lowest BCUT2D eigenvalue weighted by Crippen LogP contribution is -2.36. The number of carbonyl (C=O) groups excluding carboxylic acids is 1. The van der Waals surface area contributed by atoms with Gasteiger partial charge in [-0.05, 0) is 58.5 Å². The third-order valence-corrected chi connectivity index (χ3v) is 4.71. The van der Waals surface area contributed by atoms with Crippen molar-refractivity contribution in [3.8, 4) is 0 Å². The minimum Gasteiger partial charge on any atom is -0.381 e. The molecule has 2 atom stereocenters. The van der Waals surface area contributed by atoms with Crippen LogP contribution in [0.5, 0.6) is 0 Å². The van der Waals surface area contributed by atoms with E-state index in [4.69, 9.17) is 4.74 Å². The summed E-state index contributed by atoms with van der Waals surface area (Å²) in [4.78, 5) is 14.7. The van der Waals surface area contributed by atoms with Gasteiger partial charge in [-0.1, -0.05) is 12.1 Å². The Morgan fingerprint density at radius 2 is 1.96 bits per heavy atom. The zero-order valence-electron chi connectivity index (χ0n) is 14.0. The summed E-state index contributed by atoms with van der Waals surface area (Å²) in [6.45, 7) is 4.87. The molecule has 1 aliphatic heterocycles. The Labute approximate surface area is 138 Å². The molecule has 1 amide bonds. The molecule has 0 spiro atoms. The Kier molecular flexibility index (Phi) is 5.18. The number of piperidine rings is 1. The van der Waals surface area contributed by atoms with E-state index in [2.05, 4.69) is 22.6 Å². The average molecular weight is 317 g/mol. The molecule has 23 heavy (non-hydrogen) atoms. The first-order valence-corrected chi connectivity index (χ1v) is 8.64. The van der Waals surface area contributed by atoms with Crippen LogP contribution in [0.2, 0.25) is 0 Å². The molecule has 0 radical (unpaired) electrons. The summed E-state index contributed by atoms with van der Waals surface area (Å²) in [5.41, 5.74) is 1.89. The number of hydrogen-bond donors (Lipinski definition) is 2. The maximum Gasteiger partial charge on any atom is 0.230 e. The monoisotopic (exact) mass is 317 g/mol. The lowest BCUT2D eigenvalue weighted by atomic mass is 10.0. The van der Waals surface area contributed by atoms with E-state index in [1.807, 2.05) is 31.2 Å². The molecule has 5 heteroatoms. The molecule has 1 saturated carbocycles. The van der Waals surface area contributed by atoms with Crippen LogP contribution in [0.25, 0.3) is 0 Å². The van der Waals surface area contributed by atoms with Crippen LogP contribution < -0.4 is 10.6 Å². The van der Waals surface area contributed by atoms with Gasteiger partial charge in [-0.2, -0.15) is 0 Å². The van der Waals surface area contributed by atoms with Crippen LogP contribution in [-0.4, -0.2) is 49.7 Å². The lowest BCUT2D eigenvalue weighted by molar-refractivity contribution is -0.118. The third-order valence-electron chi connectivity index (χ3n) is 4.71. The van der Waals surface area contributed by atoms with Crippen LogP contribution in [0.3, 0.4) is 0 Å². The number of ether oxygens (including phenoxy) is 1. The number of carbonyl (C=O) groups is 1. The van der Waals surface area contributed by atoms with E-state index in [9.17, 15) is 4.79 Å². The Balaban J connectivity index is 1.58. The highest BCUT2D eigenvalue weighted by Crippen LogP contribution is 2.35. The molecule has 3 rings (SSSR count). The second kappa shape index (κ2) is 7.32. The Bertz CT molecular complexity index is 541. The zero-order chi connectivity index (χ0) is 16.2. The van der Waals surface area contributed by atoms with Crippen molar-refractivity contribution in [1.82, 2.24) is 4.90 Å². The van der Waals surface area contributed by atoms with E-state index in [-0.39, 0.29) is 17.9 Å². The van der Waals surface area contributed by atoms with Crippen molar-refractivity contribution in [3.63, 3.8) is 0 Å². The predicted molar refractivity (Wildman–Crippen MR) is 92.7 cm³/mol. The molecule has 126 valence electrons. The molecule has 1 aliphatic carbocycles. The highest BCUT2D eigenvalue weighted by molar-refractivity contribution is 5.97. The maximum absolute atomic E-state index is 12.3. The van der Waals surface area contributed by atoms with Crippen molar-refractivity contribution >= 4 is 17.3 Å². The van der Waals surface area contributed by atoms with Gasteiger partial charge in [0.25, 0.3) is 0 Å².